The van der Waals surface area contributed by atoms with Crippen molar-refractivity contribution in [1.29, 1.82) is 0 Å². The summed E-state index contributed by atoms with van der Waals surface area (Å²) < 4.78 is 0. The van der Waals surface area contributed by atoms with E-state index in [1.165, 1.54) is 16.9 Å². The molecule has 0 unspecified atom stereocenters. The summed E-state index contributed by atoms with van der Waals surface area (Å²) in [7, 11) is 0. The Kier molecular flexibility index (Phi) is 4.02. The van der Waals surface area contributed by atoms with Crippen LogP contribution in [0.4, 0.5) is 5.82 Å². The van der Waals surface area contributed by atoms with Gasteiger partial charge in [-0.2, -0.15) is 0 Å². The zero-order valence-corrected chi connectivity index (χ0v) is 15.6. The summed E-state index contributed by atoms with van der Waals surface area (Å²) in [6.07, 6.45) is 6.91. The Bertz CT molecular complexity index is 1020. The van der Waals surface area contributed by atoms with E-state index in [1.54, 1.807) is 23.7 Å². The molecule has 7 nitrogen and oxygen atoms in total. The third-order valence-corrected chi connectivity index (χ3v) is 6.47. The van der Waals surface area contributed by atoms with Crippen molar-refractivity contribution in [3.63, 3.8) is 0 Å². The SMILES string of the molecule is NC(=O)[C@@H]1CN(c2nc(-c3cccnc3)nc3sc4c(c23)CCC4)CCN1. The van der Waals surface area contributed by atoms with E-state index in [0.29, 0.717) is 18.9 Å². The van der Waals surface area contributed by atoms with Crippen molar-refractivity contribution >= 4 is 33.3 Å². The van der Waals surface area contributed by atoms with Gasteiger partial charge in [-0.05, 0) is 37.0 Å². The van der Waals surface area contributed by atoms with Gasteiger partial charge in [0.2, 0.25) is 5.91 Å². The number of nitrogens with zero attached hydrogens (tertiary/aromatic N) is 4. The fraction of sp³-hybridized carbons (Fsp3) is 0.368. The van der Waals surface area contributed by atoms with Crippen LogP contribution in [0.1, 0.15) is 16.9 Å². The smallest absolute Gasteiger partial charge is 0.236 e. The molecule has 1 amide bonds. The van der Waals surface area contributed by atoms with E-state index in [9.17, 15) is 4.79 Å². The average Bonchev–Trinajstić information content (AvgIpc) is 3.29. The van der Waals surface area contributed by atoms with Gasteiger partial charge in [0, 0.05) is 42.5 Å². The molecule has 3 N–H and O–H groups in total. The van der Waals surface area contributed by atoms with Gasteiger partial charge in [0.1, 0.15) is 16.7 Å². The number of aryl methyl sites for hydroxylation is 2. The van der Waals surface area contributed by atoms with Crippen molar-refractivity contribution in [3.8, 4) is 11.4 Å². The highest BCUT2D eigenvalue weighted by Gasteiger charge is 2.29. The van der Waals surface area contributed by atoms with Gasteiger partial charge in [-0.25, -0.2) is 9.97 Å². The van der Waals surface area contributed by atoms with Crippen LogP contribution in [0.15, 0.2) is 24.5 Å². The molecule has 1 aliphatic carbocycles. The molecule has 3 aromatic heterocycles. The van der Waals surface area contributed by atoms with Crippen LogP contribution in [0.2, 0.25) is 0 Å². The lowest BCUT2D eigenvalue weighted by Gasteiger charge is -2.33. The maximum absolute atomic E-state index is 11.7. The topological polar surface area (TPSA) is 97.0 Å². The Morgan fingerprint density at radius 2 is 2.26 bits per heavy atom. The van der Waals surface area contributed by atoms with E-state index in [1.807, 2.05) is 12.1 Å². The molecular formula is C19H20N6OS. The number of amides is 1. The number of nitrogens with two attached hydrogens (primary N) is 1. The molecule has 0 radical (unpaired) electrons. The Morgan fingerprint density at radius 1 is 1.33 bits per heavy atom. The van der Waals surface area contributed by atoms with E-state index >= 15 is 0 Å². The number of anilines is 1. The fourth-order valence-electron chi connectivity index (χ4n) is 3.96. The van der Waals surface area contributed by atoms with Gasteiger partial charge in [0.25, 0.3) is 0 Å². The van der Waals surface area contributed by atoms with E-state index < -0.39 is 0 Å². The predicted octanol–water partition coefficient (Wildman–Crippen LogP) is 1.51. The molecule has 1 fully saturated rings. The molecular weight excluding hydrogens is 360 g/mol. The minimum Gasteiger partial charge on any atom is -0.368 e. The van der Waals surface area contributed by atoms with Crippen LogP contribution in [-0.4, -0.2) is 46.5 Å². The van der Waals surface area contributed by atoms with Crippen molar-refractivity contribution < 1.29 is 4.79 Å². The summed E-state index contributed by atoms with van der Waals surface area (Å²) in [6.45, 7) is 2.01. The first-order chi connectivity index (χ1) is 13.2. The summed E-state index contributed by atoms with van der Waals surface area (Å²) >= 11 is 1.78. The van der Waals surface area contributed by atoms with E-state index in [2.05, 4.69) is 15.2 Å². The van der Waals surface area contributed by atoms with Crippen molar-refractivity contribution in [2.75, 3.05) is 24.5 Å². The zero-order chi connectivity index (χ0) is 18.4. The number of primary amides is 1. The van der Waals surface area contributed by atoms with Crippen molar-refractivity contribution in [1.82, 2.24) is 20.3 Å². The molecule has 8 heteroatoms. The number of hydrogen-bond acceptors (Lipinski definition) is 7. The zero-order valence-electron chi connectivity index (χ0n) is 14.8. The van der Waals surface area contributed by atoms with Gasteiger partial charge in [-0.1, -0.05) is 0 Å². The van der Waals surface area contributed by atoms with Crippen molar-refractivity contribution in [2.45, 2.75) is 25.3 Å². The Hall–Kier alpha value is -2.58. The van der Waals surface area contributed by atoms with Crippen LogP contribution in [0.25, 0.3) is 21.6 Å². The molecule has 0 aromatic carbocycles. The lowest BCUT2D eigenvalue weighted by molar-refractivity contribution is -0.120. The van der Waals surface area contributed by atoms with Crippen LogP contribution in [0.5, 0.6) is 0 Å². The number of thiophene rings is 1. The van der Waals surface area contributed by atoms with Gasteiger partial charge in [-0.15, -0.1) is 11.3 Å². The number of carbonyl (C=O) groups is 1. The summed E-state index contributed by atoms with van der Waals surface area (Å²) in [6, 6.07) is 3.51. The van der Waals surface area contributed by atoms with Crippen LogP contribution in [-0.2, 0) is 17.6 Å². The third kappa shape index (κ3) is 2.85. The molecule has 0 saturated carbocycles. The number of piperazine rings is 1. The highest BCUT2D eigenvalue weighted by molar-refractivity contribution is 7.19. The lowest BCUT2D eigenvalue weighted by atomic mass is 10.1. The van der Waals surface area contributed by atoms with Crippen molar-refractivity contribution in [2.24, 2.45) is 5.73 Å². The summed E-state index contributed by atoms with van der Waals surface area (Å²) in [4.78, 5) is 30.3. The summed E-state index contributed by atoms with van der Waals surface area (Å²) in [5.41, 5.74) is 7.83. The first kappa shape index (κ1) is 16.6. The predicted molar refractivity (Wildman–Crippen MR) is 106 cm³/mol. The maximum atomic E-state index is 11.7. The minimum atomic E-state index is -0.364. The van der Waals surface area contributed by atoms with Crippen LogP contribution >= 0.6 is 11.3 Å². The van der Waals surface area contributed by atoms with E-state index in [4.69, 9.17) is 15.7 Å². The van der Waals surface area contributed by atoms with E-state index in [0.717, 1.165) is 41.0 Å². The molecule has 4 heterocycles. The van der Waals surface area contributed by atoms with Gasteiger partial charge in [-0.3, -0.25) is 9.78 Å². The van der Waals surface area contributed by atoms with Gasteiger partial charge in [0.05, 0.1) is 5.39 Å². The highest BCUT2D eigenvalue weighted by atomic mass is 32.1. The maximum Gasteiger partial charge on any atom is 0.236 e. The second-order valence-electron chi connectivity index (χ2n) is 7.01. The largest absolute Gasteiger partial charge is 0.368 e. The van der Waals surface area contributed by atoms with Gasteiger partial charge in [0.15, 0.2) is 5.82 Å². The number of nitrogens with one attached hydrogen (secondary N) is 1. The first-order valence-corrected chi connectivity index (χ1v) is 10.0. The monoisotopic (exact) mass is 380 g/mol. The third-order valence-electron chi connectivity index (χ3n) is 5.28. The molecule has 1 atom stereocenters. The average molecular weight is 380 g/mol. The molecule has 0 bridgehead atoms. The lowest BCUT2D eigenvalue weighted by Crippen LogP contribution is -2.56. The molecule has 27 heavy (non-hydrogen) atoms. The normalized spacial score (nSPS) is 19.4. The van der Waals surface area contributed by atoms with Crippen LogP contribution in [0.3, 0.4) is 0 Å². The fourth-order valence-corrected chi connectivity index (χ4v) is 5.22. The molecule has 1 saturated heterocycles. The first-order valence-electron chi connectivity index (χ1n) is 9.21. The molecule has 1 aliphatic heterocycles. The number of hydrogen-bond donors (Lipinski definition) is 2. The summed E-state index contributed by atoms with van der Waals surface area (Å²) in [5.74, 6) is 1.28. The van der Waals surface area contributed by atoms with Crippen LogP contribution < -0.4 is 16.0 Å². The number of aromatic nitrogens is 3. The number of fused-ring (bicyclic) bond motifs is 3. The number of rotatable bonds is 3. The standard InChI is InChI=1S/C19H20N6OS/c20-16(26)13-10-25(8-7-22-13)18-15-12-4-1-5-14(12)27-19(15)24-17(23-18)11-3-2-6-21-9-11/h2-3,6,9,13,22H,1,4-5,7-8,10H2,(H2,20,26)/t13-/m0/s1. The summed E-state index contributed by atoms with van der Waals surface area (Å²) in [5, 5.41) is 4.35. The van der Waals surface area contributed by atoms with Gasteiger partial charge < -0.3 is 16.0 Å². The minimum absolute atomic E-state index is 0.326. The second-order valence-corrected chi connectivity index (χ2v) is 8.09. The molecule has 2 aliphatic rings. The number of carbonyl (C=O) groups excluding carboxylic acids is 1. The second kappa shape index (κ2) is 6.54. The van der Waals surface area contributed by atoms with Crippen molar-refractivity contribution in [3.05, 3.63) is 35.0 Å². The van der Waals surface area contributed by atoms with Gasteiger partial charge >= 0.3 is 0 Å². The Labute approximate surface area is 160 Å². The Morgan fingerprint density at radius 3 is 3.07 bits per heavy atom. The van der Waals surface area contributed by atoms with E-state index in [-0.39, 0.29) is 11.9 Å². The number of pyridine rings is 1. The molecule has 3 aromatic rings. The molecule has 138 valence electrons. The molecule has 5 rings (SSSR count). The molecule has 0 spiro atoms. The highest BCUT2D eigenvalue weighted by Crippen LogP contribution is 2.41. The van der Waals surface area contributed by atoms with Crippen LogP contribution in [0, 0.1) is 0 Å². The Balaban J connectivity index is 1.67. The quantitative estimate of drug-likeness (QED) is 0.715.